The van der Waals surface area contributed by atoms with E-state index in [2.05, 4.69) is 20.9 Å². The zero-order chi connectivity index (χ0) is 14.7. The van der Waals surface area contributed by atoms with Crippen LogP contribution in [0.25, 0.3) is 11.3 Å². The van der Waals surface area contributed by atoms with Crippen molar-refractivity contribution in [1.82, 2.24) is 4.98 Å². The molecule has 3 rings (SSSR count). The van der Waals surface area contributed by atoms with Crippen LogP contribution in [0.4, 0.5) is 4.39 Å². The molecule has 1 unspecified atom stereocenters. The first-order chi connectivity index (χ1) is 10.2. The van der Waals surface area contributed by atoms with E-state index in [1.807, 2.05) is 54.6 Å². The van der Waals surface area contributed by atoms with Crippen LogP contribution in [0, 0.1) is 0 Å². The smallest absolute Gasteiger partial charge is 0.167 e. The van der Waals surface area contributed by atoms with Crippen LogP contribution in [-0.2, 0) is 0 Å². The van der Waals surface area contributed by atoms with Gasteiger partial charge in [-0.1, -0.05) is 64.5 Å². The van der Waals surface area contributed by atoms with Crippen molar-refractivity contribution in [2.24, 2.45) is 0 Å². The normalized spacial score (nSPS) is 12.1. The molecule has 1 heterocycles. The van der Waals surface area contributed by atoms with Gasteiger partial charge in [-0.25, -0.2) is 9.37 Å². The summed E-state index contributed by atoms with van der Waals surface area (Å²) in [5.41, 5.74) is 2.79. The minimum absolute atomic E-state index is 0.425. The first-order valence-corrected chi connectivity index (χ1v) is 7.45. The number of hydrogen-bond donors (Lipinski definition) is 0. The maximum atomic E-state index is 14.7. The average molecular weight is 342 g/mol. The molecule has 0 radical (unpaired) electrons. The van der Waals surface area contributed by atoms with Crippen LogP contribution in [0.2, 0.25) is 0 Å². The SMILES string of the molecule is FC(c1cccc(Br)c1)c1cccc(-c2ccccc2)n1. The van der Waals surface area contributed by atoms with Crippen LogP contribution < -0.4 is 0 Å². The molecule has 3 heteroatoms. The summed E-state index contributed by atoms with van der Waals surface area (Å²) in [6.45, 7) is 0. The predicted octanol–water partition coefficient (Wildman–Crippen LogP) is 5.57. The quantitative estimate of drug-likeness (QED) is 0.606. The number of hydrogen-bond acceptors (Lipinski definition) is 1. The summed E-state index contributed by atoms with van der Waals surface area (Å²) in [5, 5.41) is 0. The van der Waals surface area contributed by atoms with Crippen LogP contribution in [0.1, 0.15) is 17.4 Å². The molecule has 1 aromatic heterocycles. The Morgan fingerprint density at radius 1 is 0.857 bits per heavy atom. The van der Waals surface area contributed by atoms with Gasteiger partial charge in [0.15, 0.2) is 6.17 Å². The summed E-state index contributed by atoms with van der Waals surface area (Å²) < 4.78 is 15.5. The minimum Gasteiger partial charge on any atom is -0.249 e. The highest BCUT2D eigenvalue weighted by molar-refractivity contribution is 9.10. The topological polar surface area (TPSA) is 12.9 Å². The molecule has 2 aromatic carbocycles. The van der Waals surface area contributed by atoms with Crippen molar-refractivity contribution in [3.63, 3.8) is 0 Å². The third kappa shape index (κ3) is 3.19. The van der Waals surface area contributed by atoms with E-state index in [1.165, 1.54) is 0 Å². The van der Waals surface area contributed by atoms with Crippen LogP contribution >= 0.6 is 15.9 Å². The standard InChI is InChI=1S/C18H13BrFN/c19-15-9-4-8-14(12-15)18(20)17-11-5-10-16(21-17)13-6-2-1-3-7-13/h1-12,18H. The van der Waals surface area contributed by atoms with E-state index in [-0.39, 0.29) is 0 Å². The van der Waals surface area contributed by atoms with E-state index in [4.69, 9.17) is 0 Å². The van der Waals surface area contributed by atoms with Crippen LogP contribution in [0.3, 0.4) is 0 Å². The molecule has 0 saturated heterocycles. The Bertz CT molecular complexity index is 743. The Kier molecular flexibility index (Phi) is 4.11. The number of benzene rings is 2. The predicted molar refractivity (Wildman–Crippen MR) is 86.8 cm³/mol. The molecule has 0 saturated carbocycles. The summed E-state index contributed by atoms with van der Waals surface area (Å²) in [5.74, 6) is 0. The Morgan fingerprint density at radius 3 is 2.38 bits per heavy atom. The third-order valence-corrected chi connectivity index (χ3v) is 3.73. The lowest BCUT2D eigenvalue weighted by molar-refractivity contribution is 0.393. The number of nitrogens with zero attached hydrogens (tertiary/aromatic N) is 1. The van der Waals surface area contributed by atoms with E-state index in [0.717, 1.165) is 15.7 Å². The Morgan fingerprint density at radius 2 is 1.62 bits per heavy atom. The van der Waals surface area contributed by atoms with Gasteiger partial charge in [-0.2, -0.15) is 0 Å². The molecule has 0 bridgehead atoms. The molecule has 0 amide bonds. The van der Waals surface area contributed by atoms with E-state index in [0.29, 0.717) is 11.3 Å². The Hall–Kier alpha value is -2.00. The lowest BCUT2D eigenvalue weighted by Crippen LogP contribution is -1.98. The molecule has 21 heavy (non-hydrogen) atoms. The molecule has 0 aliphatic rings. The minimum atomic E-state index is -1.23. The van der Waals surface area contributed by atoms with Crippen LogP contribution in [-0.4, -0.2) is 4.98 Å². The monoisotopic (exact) mass is 341 g/mol. The van der Waals surface area contributed by atoms with Crippen molar-refractivity contribution in [1.29, 1.82) is 0 Å². The fourth-order valence-electron chi connectivity index (χ4n) is 2.20. The van der Waals surface area contributed by atoms with Gasteiger partial charge in [0.05, 0.1) is 11.4 Å². The van der Waals surface area contributed by atoms with Gasteiger partial charge < -0.3 is 0 Å². The Balaban J connectivity index is 1.96. The first-order valence-electron chi connectivity index (χ1n) is 6.66. The fourth-order valence-corrected chi connectivity index (χ4v) is 2.61. The van der Waals surface area contributed by atoms with Gasteiger partial charge in [0.25, 0.3) is 0 Å². The maximum absolute atomic E-state index is 14.7. The van der Waals surface area contributed by atoms with Crippen molar-refractivity contribution in [3.8, 4) is 11.3 Å². The summed E-state index contributed by atoms with van der Waals surface area (Å²) in [7, 11) is 0. The van der Waals surface area contributed by atoms with Crippen molar-refractivity contribution < 1.29 is 4.39 Å². The van der Waals surface area contributed by atoms with E-state index in [1.54, 1.807) is 18.2 Å². The van der Waals surface area contributed by atoms with Gasteiger partial charge in [0, 0.05) is 10.0 Å². The number of alkyl halides is 1. The molecule has 0 fully saturated rings. The van der Waals surface area contributed by atoms with Crippen molar-refractivity contribution in [2.75, 3.05) is 0 Å². The second kappa shape index (κ2) is 6.19. The van der Waals surface area contributed by atoms with E-state index < -0.39 is 6.17 Å². The maximum Gasteiger partial charge on any atom is 0.167 e. The van der Waals surface area contributed by atoms with Crippen molar-refractivity contribution >= 4 is 15.9 Å². The molecular formula is C18H13BrFN. The highest BCUT2D eigenvalue weighted by Gasteiger charge is 2.15. The third-order valence-electron chi connectivity index (χ3n) is 3.24. The largest absolute Gasteiger partial charge is 0.249 e. The summed E-state index contributed by atoms with van der Waals surface area (Å²) in [6.07, 6.45) is -1.23. The average Bonchev–Trinajstić information content (AvgIpc) is 2.55. The molecule has 1 atom stereocenters. The fraction of sp³-hybridized carbons (Fsp3) is 0.0556. The van der Waals surface area contributed by atoms with Gasteiger partial charge in [-0.15, -0.1) is 0 Å². The van der Waals surface area contributed by atoms with Gasteiger partial charge in [-0.05, 0) is 29.8 Å². The highest BCUT2D eigenvalue weighted by Crippen LogP contribution is 2.28. The molecule has 0 aliphatic heterocycles. The van der Waals surface area contributed by atoms with Crippen molar-refractivity contribution in [3.05, 3.63) is 88.5 Å². The number of rotatable bonds is 3. The Labute approximate surface area is 131 Å². The van der Waals surface area contributed by atoms with Crippen LogP contribution in [0.5, 0.6) is 0 Å². The molecule has 0 aliphatic carbocycles. The van der Waals surface area contributed by atoms with Crippen LogP contribution in [0.15, 0.2) is 77.3 Å². The number of halogens is 2. The molecule has 0 spiro atoms. The summed E-state index contributed by atoms with van der Waals surface area (Å²) >= 11 is 3.37. The zero-order valence-electron chi connectivity index (χ0n) is 11.2. The number of pyridine rings is 1. The zero-order valence-corrected chi connectivity index (χ0v) is 12.8. The number of aromatic nitrogens is 1. The van der Waals surface area contributed by atoms with Crippen molar-refractivity contribution in [2.45, 2.75) is 6.17 Å². The molecular weight excluding hydrogens is 329 g/mol. The second-order valence-corrected chi connectivity index (χ2v) is 5.65. The molecule has 3 aromatic rings. The lowest BCUT2D eigenvalue weighted by atomic mass is 10.1. The highest BCUT2D eigenvalue weighted by atomic mass is 79.9. The van der Waals surface area contributed by atoms with E-state index >= 15 is 0 Å². The summed E-state index contributed by atoms with van der Waals surface area (Å²) in [4.78, 5) is 4.46. The molecule has 104 valence electrons. The van der Waals surface area contributed by atoms with Gasteiger partial charge in [0.1, 0.15) is 0 Å². The summed E-state index contributed by atoms with van der Waals surface area (Å²) in [6, 6.07) is 22.5. The van der Waals surface area contributed by atoms with Gasteiger partial charge in [-0.3, -0.25) is 0 Å². The van der Waals surface area contributed by atoms with E-state index in [9.17, 15) is 4.39 Å². The first kappa shape index (κ1) is 14.0. The molecule has 0 N–H and O–H groups in total. The second-order valence-electron chi connectivity index (χ2n) is 4.73. The van der Waals surface area contributed by atoms with Gasteiger partial charge in [0.2, 0.25) is 0 Å². The van der Waals surface area contributed by atoms with Gasteiger partial charge >= 0.3 is 0 Å². The lowest BCUT2D eigenvalue weighted by Gasteiger charge is -2.10. The molecule has 1 nitrogen and oxygen atoms in total.